The van der Waals surface area contributed by atoms with Gasteiger partial charge in [-0.15, -0.1) is 11.3 Å². The molecule has 0 radical (unpaired) electrons. The summed E-state index contributed by atoms with van der Waals surface area (Å²) in [5.41, 5.74) is 1.57. The summed E-state index contributed by atoms with van der Waals surface area (Å²) in [6, 6.07) is 7.55. The van der Waals surface area contributed by atoms with Gasteiger partial charge in [0.15, 0.2) is 5.16 Å². The fourth-order valence-electron chi connectivity index (χ4n) is 3.19. The van der Waals surface area contributed by atoms with E-state index in [1.165, 1.54) is 11.8 Å². The van der Waals surface area contributed by atoms with Crippen LogP contribution < -0.4 is 0 Å². The Bertz CT molecular complexity index is 922. The summed E-state index contributed by atoms with van der Waals surface area (Å²) in [4.78, 5) is 34.6. The minimum atomic E-state index is 0.137. The molecular formula is C20H22N6OS2. The molecule has 0 spiro atoms. The Balaban J connectivity index is 1.29. The summed E-state index contributed by atoms with van der Waals surface area (Å²) in [6.07, 6.45) is 6.28. The van der Waals surface area contributed by atoms with Crippen molar-refractivity contribution in [3.8, 4) is 11.4 Å². The van der Waals surface area contributed by atoms with E-state index in [0.29, 0.717) is 10.9 Å². The van der Waals surface area contributed by atoms with Crippen LogP contribution in [0.5, 0.6) is 0 Å². The quantitative estimate of drug-likeness (QED) is 0.443. The van der Waals surface area contributed by atoms with Gasteiger partial charge in [0.25, 0.3) is 0 Å². The first kappa shape index (κ1) is 19.9. The maximum Gasteiger partial charge on any atom is 0.233 e. The number of rotatable bonds is 6. The summed E-state index contributed by atoms with van der Waals surface area (Å²) in [6.45, 7) is 4.28. The zero-order chi connectivity index (χ0) is 19.9. The second-order valence-corrected chi connectivity index (χ2v) is 8.59. The first-order valence-electron chi connectivity index (χ1n) is 9.54. The van der Waals surface area contributed by atoms with Crippen LogP contribution in [0.4, 0.5) is 0 Å². The van der Waals surface area contributed by atoms with Gasteiger partial charge in [0.05, 0.1) is 23.7 Å². The molecule has 1 saturated heterocycles. The summed E-state index contributed by atoms with van der Waals surface area (Å²) in [5.74, 6) is 0.482. The molecule has 0 aromatic carbocycles. The van der Waals surface area contributed by atoms with Gasteiger partial charge in [0, 0.05) is 50.1 Å². The average molecular weight is 427 g/mol. The minimum Gasteiger partial charge on any atom is -0.341 e. The largest absolute Gasteiger partial charge is 0.341 e. The highest BCUT2D eigenvalue weighted by Gasteiger charge is 2.20. The molecule has 0 N–H and O–H groups in total. The topological polar surface area (TPSA) is 75.1 Å². The van der Waals surface area contributed by atoms with Gasteiger partial charge in [-0.2, -0.15) is 0 Å². The van der Waals surface area contributed by atoms with E-state index in [1.54, 1.807) is 23.7 Å². The van der Waals surface area contributed by atoms with Crippen LogP contribution in [-0.4, -0.2) is 67.6 Å². The highest BCUT2D eigenvalue weighted by atomic mass is 32.2. The lowest BCUT2D eigenvalue weighted by Gasteiger charge is -2.21. The molecule has 7 nitrogen and oxygen atoms in total. The number of thioether (sulfide) groups is 1. The molecule has 3 aromatic heterocycles. The number of amides is 1. The van der Waals surface area contributed by atoms with E-state index >= 15 is 0 Å². The Hall–Kier alpha value is -2.36. The van der Waals surface area contributed by atoms with E-state index < -0.39 is 0 Å². The lowest BCUT2D eigenvalue weighted by atomic mass is 10.3. The Kier molecular flexibility index (Phi) is 6.81. The minimum absolute atomic E-state index is 0.137. The van der Waals surface area contributed by atoms with Crippen molar-refractivity contribution in [1.82, 2.24) is 29.7 Å². The molecule has 4 heterocycles. The van der Waals surface area contributed by atoms with Crippen molar-refractivity contribution in [3.05, 3.63) is 53.2 Å². The molecule has 3 aromatic rings. The molecule has 0 atom stereocenters. The zero-order valence-corrected chi connectivity index (χ0v) is 17.6. The zero-order valence-electron chi connectivity index (χ0n) is 16.0. The molecule has 0 bridgehead atoms. The number of hydrogen-bond donors (Lipinski definition) is 0. The molecule has 150 valence electrons. The molecule has 1 amide bonds. The van der Waals surface area contributed by atoms with Crippen LogP contribution in [0, 0.1) is 0 Å². The monoisotopic (exact) mass is 426 g/mol. The Morgan fingerprint density at radius 1 is 1.00 bits per heavy atom. The molecule has 9 heteroatoms. The smallest absolute Gasteiger partial charge is 0.233 e. The SMILES string of the molecule is O=C(CSc1nccc(-c2ccccn2)n1)N1CCCN(Cc2nccs2)CC1. The van der Waals surface area contributed by atoms with Crippen molar-refractivity contribution in [3.63, 3.8) is 0 Å². The van der Waals surface area contributed by atoms with E-state index in [0.717, 1.165) is 55.5 Å². The van der Waals surface area contributed by atoms with Gasteiger partial charge in [-0.25, -0.2) is 15.0 Å². The number of hydrogen-bond acceptors (Lipinski definition) is 8. The number of pyridine rings is 1. The number of aromatic nitrogens is 4. The van der Waals surface area contributed by atoms with Gasteiger partial charge in [-0.3, -0.25) is 14.7 Å². The molecule has 1 fully saturated rings. The van der Waals surface area contributed by atoms with Gasteiger partial charge >= 0.3 is 0 Å². The predicted molar refractivity (Wildman–Crippen MR) is 115 cm³/mol. The van der Waals surface area contributed by atoms with Crippen molar-refractivity contribution < 1.29 is 4.79 Å². The van der Waals surface area contributed by atoms with Crippen LogP contribution >= 0.6 is 23.1 Å². The van der Waals surface area contributed by atoms with Crippen LogP contribution in [0.2, 0.25) is 0 Å². The highest BCUT2D eigenvalue weighted by molar-refractivity contribution is 7.99. The molecule has 4 rings (SSSR count). The molecule has 1 aliphatic heterocycles. The van der Waals surface area contributed by atoms with Crippen molar-refractivity contribution >= 4 is 29.0 Å². The van der Waals surface area contributed by atoms with Crippen molar-refractivity contribution in [1.29, 1.82) is 0 Å². The first-order valence-corrected chi connectivity index (χ1v) is 11.4. The summed E-state index contributed by atoms with van der Waals surface area (Å²) in [7, 11) is 0. The van der Waals surface area contributed by atoms with Crippen LogP contribution in [0.25, 0.3) is 11.4 Å². The molecule has 29 heavy (non-hydrogen) atoms. The molecule has 0 aliphatic carbocycles. The van der Waals surface area contributed by atoms with Crippen LogP contribution in [0.1, 0.15) is 11.4 Å². The van der Waals surface area contributed by atoms with Crippen LogP contribution in [0.15, 0.2) is 53.4 Å². The van der Waals surface area contributed by atoms with E-state index in [1.807, 2.05) is 40.7 Å². The Morgan fingerprint density at radius 2 is 1.97 bits per heavy atom. The highest BCUT2D eigenvalue weighted by Crippen LogP contribution is 2.19. The normalized spacial score (nSPS) is 15.2. The van der Waals surface area contributed by atoms with Crippen LogP contribution in [-0.2, 0) is 11.3 Å². The Morgan fingerprint density at radius 3 is 2.79 bits per heavy atom. The predicted octanol–water partition coefficient (Wildman–Crippen LogP) is 2.82. The first-order chi connectivity index (χ1) is 14.3. The van der Waals surface area contributed by atoms with Gasteiger partial charge in [0.2, 0.25) is 5.91 Å². The van der Waals surface area contributed by atoms with E-state index in [-0.39, 0.29) is 5.91 Å². The fraction of sp³-hybridized carbons (Fsp3) is 0.350. The fourth-order valence-corrected chi connectivity index (χ4v) is 4.58. The van der Waals surface area contributed by atoms with Crippen molar-refractivity contribution in [2.45, 2.75) is 18.1 Å². The third-order valence-corrected chi connectivity index (χ3v) is 6.28. The summed E-state index contributed by atoms with van der Waals surface area (Å²) in [5, 5.41) is 3.73. The van der Waals surface area contributed by atoms with Gasteiger partial charge in [0.1, 0.15) is 5.01 Å². The summed E-state index contributed by atoms with van der Waals surface area (Å²) < 4.78 is 0. The molecular weight excluding hydrogens is 404 g/mol. The average Bonchev–Trinajstić information content (AvgIpc) is 3.17. The van der Waals surface area contributed by atoms with E-state index in [9.17, 15) is 4.79 Å². The lowest BCUT2D eigenvalue weighted by molar-refractivity contribution is -0.128. The third-order valence-electron chi connectivity index (χ3n) is 4.67. The number of carbonyl (C=O) groups excluding carboxylic acids is 1. The third kappa shape index (κ3) is 5.59. The molecule has 0 unspecified atom stereocenters. The maximum atomic E-state index is 12.7. The maximum absolute atomic E-state index is 12.7. The number of nitrogens with zero attached hydrogens (tertiary/aromatic N) is 6. The Labute approximate surface area is 178 Å². The lowest BCUT2D eigenvalue weighted by Crippen LogP contribution is -2.36. The van der Waals surface area contributed by atoms with Crippen molar-refractivity contribution in [2.24, 2.45) is 0 Å². The van der Waals surface area contributed by atoms with Gasteiger partial charge in [-0.05, 0) is 24.6 Å². The summed E-state index contributed by atoms with van der Waals surface area (Å²) >= 11 is 3.06. The molecule has 1 aliphatic rings. The van der Waals surface area contributed by atoms with Crippen LogP contribution in [0.3, 0.4) is 0 Å². The van der Waals surface area contributed by atoms with Gasteiger partial charge < -0.3 is 4.90 Å². The van der Waals surface area contributed by atoms with Gasteiger partial charge in [-0.1, -0.05) is 17.8 Å². The molecule has 0 saturated carbocycles. The van der Waals surface area contributed by atoms with Crippen molar-refractivity contribution in [2.75, 3.05) is 31.9 Å². The standard InChI is InChI=1S/C20H22N6OS2/c27-19(26-10-3-9-25(11-12-26)14-18-22-8-13-28-18)15-29-20-23-7-5-17(24-20)16-4-1-2-6-21-16/h1-2,4-8,13H,3,9-12,14-15H2. The number of thiazole rings is 1. The second kappa shape index (κ2) is 9.91. The van der Waals surface area contributed by atoms with E-state index in [2.05, 4.69) is 24.8 Å². The second-order valence-electron chi connectivity index (χ2n) is 6.66. The number of carbonyl (C=O) groups is 1. The van der Waals surface area contributed by atoms with E-state index in [4.69, 9.17) is 0 Å².